The molecule has 5 rings (SSSR count). The van der Waals surface area contributed by atoms with E-state index in [0.29, 0.717) is 35.5 Å². The Morgan fingerprint density at radius 3 is 2.88 bits per heavy atom. The maximum absolute atomic E-state index is 13.2. The first kappa shape index (κ1) is 20.4. The fraction of sp³-hybridized carbons (Fsp3) is 0.333. The second kappa shape index (κ2) is 7.27. The Hall–Kier alpha value is -3.52. The molecule has 0 fully saturated rings. The maximum Gasteiger partial charge on any atom is 0.343 e. The lowest BCUT2D eigenvalue weighted by molar-refractivity contribution is -0.172. The average molecular weight is 434 g/mol. The lowest BCUT2D eigenvalue weighted by Crippen LogP contribution is -2.44. The second-order valence-electron chi connectivity index (χ2n) is 8.16. The topological polar surface area (TPSA) is 108 Å². The van der Waals surface area contributed by atoms with Crippen molar-refractivity contribution in [3.8, 4) is 11.4 Å². The van der Waals surface area contributed by atoms with Crippen LogP contribution in [-0.2, 0) is 44.2 Å². The minimum absolute atomic E-state index is 0.0947. The molecule has 1 aromatic carbocycles. The third-order valence-electron chi connectivity index (χ3n) is 6.45. The molecule has 2 aromatic heterocycles. The van der Waals surface area contributed by atoms with Crippen LogP contribution in [0.15, 0.2) is 35.1 Å². The van der Waals surface area contributed by atoms with Crippen molar-refractivity contribution in [1.29, 1.82) is 0 Å². The highest BCUT2D eigenvalue weighted by molar-refractivity contribution is 5.88. The summed E-state index contributed by atoms with van der Waals surface area (Å²) in [6, 6.07) is 9.48. The summed E-state index contributed by atoms with van der Waals surface area (Å²) in [6.07, 6.45) is 0.815. The number of pyridine rings is 2. The van der Waals surface area contributed by atoms with Gasteiger partial charge in [-0.2, -0.15) is 0 Å². The van der Waals surface area contributed by atoms with Crippen molar-refractivity contribution >= 4 is 22.8 Å². The van der Waals surface area contributed by atoms with Crippen LogP contribution >= 0.6 is 0 Å². The van der Waals surface area contributed by atoms with Gasteiger partial charge in [0.25, 0.3) is 5.56 Å². The predicted molar refractivity (Wildman–Crippen MR) is 115 cm³/mol. The molecular weight excluding hydrogens is 412 g/mol. The third kappa shape index (κ3) is 2.86. The smallest absolute Gasteiger partial charge is 0.343 e. The first-order chi connectivity index (χ1) is 15.4. The van der Waals surface area contributed by atoms with Gasteiger partial charge in [-0.1, -0.05) is 25.1 Å². The van der Waals surface area contributed by atoms with E-state index >= 15 is 0 Å². The van der Waals surface area contributed by atoms with Crippen molar-refractivity contribution in [2.45, 2.75) is 44.9 Å². The molecular formula is C24H22N2O6. The number of nitrogens with zero attached hydrogens (tertiary/aromatic N) is 2. The normalized spacial score (nSPS) is 18.7. The molecule has 0 saturated heterocycles. The largest absolute Gasteiger partial charge is 0.469 e. The monoisotopic (exact) mass is 434 g/mol. The van der Waals surface area contributed by atoms with Crippen LogP contribution in [0.4, 0.5) is 0 Å². The van der Waals surface area contributed by atoms with Crippen LogP contribution in [0.1, 0.15) is 42.0 Å². The van der Waals surface area contributed by atoms with Crippen LogP contribution in [0.5, 0.6) is 0 Å². The number of hydrogen-bond acceptors (Lipinski definition) is 7. The number of para-hydroxylation sites is 1. The number of aromatic nitrogens is 2. The van der Waals surface area contributed by atoms with E-state index in [4.69, 9.17) is 14.5 Å². The molecule has 3 aromatic rings. The van der Waals surface area contributed by atoms with Gasteiger partial charge in [0.1, 0.15) is 6.61 Å². The number of aryl methyl sites for hydroxylation is 1. The van der Waals surface area contributed by atoms with E-state index in [-0.39, 0.29) is 31.0 Å². The van der Waals surface area contributed by atoms with Crippen LogP contribution in [0, 0.1) is 0 Å². The Balaban J connectivity index is 1.68. The number of hydrogen-bond donors (Lipinski definition) is 1. The molecule has 0 aliphatic carbocycles. The fourth-order valence-electron chi connectivity index (χ4n) is 4.61. The predicted octanol–water partition coefficient (Wildman–Crippen LogP) is 2.19. The SMILES string of the molecule is CCC1(O)C(=O)OCc2c1cc1n(c2=O)Cc2cc3cccc(CCC(=O)OC)c3nc2-1. The molecule has 0 amide bonds. The van der Waals surface area contributed by atoms with E-state index in [2.05, 4.69) is 0 Å². The van der Waals surface area contributed by atoms with Crippen LogP contribution in [0.3, 0.4) is 0 Å². The Morgan fingerprint density at radius 1 is 1.31 bits per heavy atom. The Kier molecular flexibility index (Phi) is 4.63. The quantitative estimate of drug-likeness (QED) is 0.491. The molecule has 1 atom stereocenters. The average Bonchev–Trinajstić information content (AvgIpc) is 3.16. The van der Waals surface area contributed by atoms with Crippen LogP contribution in [-0.4, -0.2) is 33.7 Å². The Labute approximate surface area is 183 Å². The molecule has 164 valence electrons. The minimum atomic E-state index is -1.85. The van der Waals surface area contributed by atoms with Crippen LogP contribution in [0.2, 0.25) is 0 Å². The fourth-order valence-corrected chi connectivity index (χ4v) is 4.61. The highest BCUT2D eigenvalue weighted by Gasteiger charge is 2.45. The second-order valence-corrected chi connectivity index (χ2v) is 8.16. The number of carbonyl (C=O) groups is 2. The number of carbonyl (C=O) groups excluding carboxylic acids is 2. The van der Waals surface area contributed by atoms with Gasteiger partial charge in [0, 0.05) is 22.9 Å². The summed E-state index contributed by atoms with van der Waals surface area (Å²) < 4.78 is 11.5. The lowest BCUT2D eigenvalue weighted by atomic mass is 9.86. The first-order valence-electron chi connectivity index (χ1n) is 10.5. The van der Waals surface area contributed by atoms with Gasteiger partial charge in [-0.05, 0) is 30.5 Å². The number of aliphatic hydroxyl groups is 1. The summed E-state index contributed by atoms with van der Waals surface area (Å²) in [6.45, 7) is 1.87. The van der Waals surface area contributed by atoms with Gasteiger partial charge in [0.15, 0.2) is 5.60 Å². The number of esters is 2. The number of fused-ring (bicyclic) bond motifs is 5. The summed E-state index contributed by atoms with van der Waals surface area (Å²) in [4.78, 5) is 42.0. The molecule has 2 aliphatic rings. The molecule has 0 bridgehead atoms. The first-order valence-corrected chi connectivity index (χ1v) is 10.5. The van der Waals surface area contributed by atoms with Crippen molar-refractivity contribution in [3.05, 3.63) is 62.9 Å². The summed E-state index contributed by atoms with van der Waals surface area (Å²) in [5.74, 6) is -1.04. The van der Waals surface area contributed by atoms with Crippen molar-refractivity contribution in [2.24, 2.45) is 0 Å². The molecule has 1 N–H and O–H groups in total. The zero-order chi connectivity index (χ0) is 22.6. The minimum Gasteiger partial charge on any atom is -0.469 e. The van der Waals surface area contributed by atoms with Gasteiger partial charge in [-0.25, -0.2) is 9.78 Å². The number of cyclic esters (lactones) is 1. The Morgan fingerprint density at radius 2 is 2.12 bits per heavy atom. The molecule has 1 unspecified atom stereocenters. The molecule has 32 heavy (non-hydrogen) atoms. The van der Waals surface area contributed by atoms with Gasteiger partial charge in [-0.15, -0.1) is 0 Å². The standard InChI is InChI=1S/C24H22N2O6/c1-3-24(30)17-10-18-21-15(11-26(18)22(28)16(17)12-32-23(24)29)9-14-6-4-5-13(20(14)25-21)7-8-19(27)31-2/h4-6,9-10,30H,3,7-8,11-12H2,1-2H3. The molecule has 4 heterocycles. The van der Waals surface area contributed by atoms with E-state index in [1.54, 1.807) is 17.6 Å². The summed E-state index contributed by atoms with van der Waals surface area (Å²) in [7, 11) is 1.36. The van der Waals surface area contributed by atoms with Crippen molar-refractivity contribution in [3.63, 3.8) is 0 Å². The highest BCUT2D eigenvalue weighted by Crippen LogP contribution is 2.38. The van der Waals surface area contributed by atoms with Crippen molar-refractivity contribution in [2.75, 3.05) is 7.11 Å². The van der Waals surface area contributed by atoms with Crippen molar-refractivity contribution < 1.29 is 24.2 Å². The summed E-state index contributed by atoms with van der Waals surface area (Å²) in [5, 5.41) is 11.9. The number of benzene rings is 1. The van der Waals surface area contributed by atoms with E-state index in [0.717, 1.165) is 22.0 Å². The van der Waals surface area contributed by atoms with Gasteiger partial charge in [-0.3, -0.25) is 9.59 Å². The van der Waals surface area contributed by atoms with E-state index in [1.807, 2.05) is 24.3 Å². The maximum atomic E-state index is 13.2. The number of methoxy groups -OCH3 is 1. The molecule has 0 saturated carbocycles. The van der Waals surface area contributed by atoms with Crippen LogP contribution in [0.25, 0.3) is 22.3 Å². The van der Waals surface area contributed by atoms with Gasteiger partial charge in [0.05, 0.1) is 36.1 Å². The van der Waals surface area contributed by atoms with E-state index in [9.17, 15) is 19.5 Å². The Bertz CT molecular complexity index is 1360. The zero-order valence-corrected chi connectivity index (χ0v) is 17.8. The third-order valence-corrected chi connectivity index (χ3v) is 6.45. The lowest BCUT2D eigenvalue weighted by Gasteiger charge is -2.31. The van der Waals surface area contributed by atoms with Gasteiger partial charge in [0.2, 0.25) is 0 Å². The van der Waals surface area contributed by atoms with Gasteiger partial charge >= 0.3 is 11.9 Å². The summed E-state index contributed by atoms with van der Waals surface area (Å²) in [5.41, 5.74) is 2.19. The summed E-state index contributed by atoms with van der Waals surface area (Å²) >= 11 is 0. The van der Waals surface area contributed by atoms with Crippen LogP contribution < -0.4 is 5.56 Å². The van der Waals surface area contributed by atoms with E-state index in [1.165, 1.54) is 7.11 Å². The van der Waals surface area contributed by atoms with Crippen molar-refractivity contribution in [1.82, 2.24) is 9.55 Å². The molecule has 8 nitrogen and oxygen atoms in total. The molecule has 8 heteroatoms. The highest BCUT2D eigenvalue weighted by atomic mass is 16.6. The molecule has 0 spiro atoms. The molecule has 0 radical (unpaired) electrons. The number of rotatable bonds is 4. The van der Waals surface area contributed by atoms with Gasteiger partial charge < -0.3 is 19.1 Å². The number of ether oxygens (including phenoxy) is 2. The zero-order valence-electron chi connectivity index (χ0n) is 17.8. The molecule has 2 aliphatic heterocycles. The van der Waals surface area contributed by atoms with E-state index < -0.39 is 11.6 Å².